The van der Waals surface area contributed by atoms with E-state index in [-0.39, 0.29) is 28.5 Å². The van der Waals surface area contributed by atoms with E-state index in [1.54, 1.807) is 38.1 Å². The molecule has 0 atom stereocenters. The number of nitrogens with zero attached hydrogens (tertiary/aromatic N) is 1. The smallest absolute Gasteiger partial charge is 0.264 e. The topological polar surface area (TPSA) is 130 Å². The van der Waals surface area contributed by atoms with E-state index in [1.165, 1.54) is 24.3 Å². The first kappa shape index (κ1) is 22.5. The summed E-state index contributed by atoms with van der Waals surface area (Å²) in [6.07, 6.45) is 1.91. The second kappa shape index (κ2) is 9.07. The van der Waals surface area contributed by atoms with Crippen LogP contribution in [0.4, 0.5) is 11.6 Å². The van der Waals surface area contributed by atoms with E-state index in [1.807, 2.05) is 0 Å². The molecule has 1 saturated carbocycles. The molecule has 2 aromatic carbocycles. The van der Waals surface area contributed by atoms with Crippen molar-refractivity contribution in [3.05, 3.63) is 70.9 Å². The van der Waals surface area contributed by atoms with Gasteiger partial charge >= 0.3 is 0 Å². The highest BCUT2D eigenvalue weighted by Gasteiger charge is 2.29. The normalized spacial score (nSPS) is 13.4. The molecule has 0 unspecified atom stereocenters. The van der Waals surface area contributed by atoms with Crippen LogP contribution in [0.2, 0.25) is 0 Å². The molecular weight excluding hydrogens is 444 g/mol. The lowest BCUT2D eigenvalue weighted by Crippen LogP contribution is -2.24. The van der Waals surface area contributed by atoms with Crippen LogP contribution in [0, 0.1) is 19.8 Å². The van der Waals surface area contributed by atoms with Crippen molar-refractivity contribution in [3.8, 4) is 0 Å². The first-order valence-electron chi connectivity index (χ1n) is 10.5. The van der Waals surface area contributed by atoms with Crippen molar-refractivity contribution in [2.24, 2.45) is 5.92 Å². The number of rotatable bonds is 8. The monoisotopic (exact) mass is 468 g/mol. The number of aryl methyl sites for hydroxylation is 1. The van der Waals surface area contributed by atoms with Gasteiger partial charge in [0.15, 0.2) is 0 Å². The molecule has 4 rings (SSSR count). The molecule has 0 radical (unpaired) electrons. The van der Waals surface area contributed by atoms with Crippen molar-refractivity contribution in [2.45, 2.75) is 38.1 Å². The van der Waals surface area contributed by atoms with E-state index in [9.17, 15) is 18.0 Å². The molecule has 9 nitrogen and oxygen atoms in total. The largest absolute Gasteiger partial charge is 0.352 e. The molecule has 33 heavy (non-hydrogen) atoms. The standard InChI is InChI=1S/C23H24N4O5S/c1-14-15(2)26-32-23(14)27-33(30,31)20-11-9-19(10-12-20)25-22(29)18-5-3-16(4-6-18)13-24-21(28)17-7-8-17/h3-6,9-12,17,27H,7-8,13H2,1-2H3,(H,24,28)(H,25,29). The molecule has 1 aliphatic carbocycles. The molecule has 2 amide bonds. The molecule has 1 heterocycles. The van der Waals surface area contributed by atoms with E-state index in [2.05, 4.69) is 20.5 Å². The van der Waals surface area contributed by atoms with Crippen LogP contribution in [0.15, 0.2) is 57.9 Å². The van der Waals surface area contributed by atoms with Crippen molar-refractivity contribution in [2.75, 3.05) is 10.0 Å². The van der Waals surface area contributed by atoms with E-state index >= 15 is 0 Å². The second-order valence-electron chi connectivity index (χ2n) is 8.00. The Hall–Kier alpha value is -3.66. The molecule has 172 valence electrons. The Morgan fingerprint density at radius 1 is 1.03 bits per heavy atom. The van der Waals surface area contributed by atoms with Gasteiger partial charge in [-0.05, 0) is 68.7 Å². The molecule has 1 aromatic heterocycles. The van der Waals surface area contributed by atoms with Gasteiger partial charge in [-0.1, -0.05) is 17.3 Å². The van der Waals surface area contributed by atoms with Crippen LogP contribution in [-0.2, 0) is 21.4 Å². The Balaban J connectivity index is 1.35. The van der Waals surface area contributed by atoms with Gasteiger partial charge in [-0.15, -0.1) is 0 Å². The van der Waals surface area contributed by atoms with Crippen molar-refractivity contribution >= 4 is 33.4 Å². The molecule has 10 heteroatoms. The summed E-state index contributed by atoms with van der Waals surface area (Å²) in [6.45, 7) is 3.85. The number of carbonyl (C=O) groups excluding carboxylic acids is 2. The summed E-state index contributed by atoms with van der Waals surface area (Å²) in [5, 5.41) is 9.36. The third-order valence-corrected chi connectivity index (χ3v) is 6.78. The lowest BCUT2D eigenvalue weighted by atomic mass is 10.1. The third-order valence-electron chi connectivity index (χ3n) is 5.44. The third kappa shape index (κ3) is 5.40. The summed E-state index contributed by atoms with van der Waals surface area (Å²) in [7, 11) is -3.86. The molecule has 3 aromatic rings. The highest BCUT2D eigenvalue weighted by molar-refractivity contribution is 7.92. The number of sulfonamides is 1. The minimum Gasteiger partial charge on any atom is -0.352 e. The van der Waals surface area contributed by atoms with E-state index in [4.69, 9.17) is 4.52 Å². The van der Waals surface area contributed by atoms with Crippen LogP contribution in [0.3, 0.4) is 0 Å². The molecule has 0 bridgehead atoms. The highest BCUT2D eigenvalue weighted by atomic mass is 32.2. The minimum atomic E-state index is -3.86. The molecule has 1 aliphatic rings. The molecule has 3 N–H and O–H groups in total. The number of amides is 2. The summed E-state index contributed by atoms with van der Waals surface area (Å²) < 4.78 is 32.5. The second-order valence-corrected chi connectivity index (χ2v) is 9.68. The Bertz CT molecular complexity index is 1280. The molecule has 0 aliphatic heterocycles. The van der Waals surface area contributed by atoms with Crippen LogP contribution in [0.1, 0.15) is 40.0 Å². The van der Waals surface area contributed by atoms with Crippen LogP contribution in [0.25, 0.3) is 0 Å². The fourth-order valence-corrected chi connectivity index (χ4v) is 4.11. The highest BCUT2D eigenvalue weighted by Crippen LogP contribution is 2.28. The first-order valence-corrected chi connectivity index (χ1v) is 11.9. The number of hydrogen-bond donors (Lipinski definition) is 3. The predicted molar refractivity (Wildman–Crippen MR) is 122 cm³/mol. The lowest BCUT2D eigenvalue weighted by molar-refractivity contribution is -0.122. The van der Waals surface area contributed by atoms with E-state index in [0.29, 0.717) is 29.1 Å². The van der Waals surface area contributed by atoms with Gasteiger partial charge in [0.1, 0.15) is 0 Å². The summed E-state index contributed by atoms with van der Waals surface area (Å²) in [6, 6.07) is 12.7. The van der Waals surface area contributed by atoms with Crippen LogP contribution >= 0.6 is 0 Å². The number of nitrogens with one attached hydrogen (secondary N) is 3. The number of anilines is 2. The van der Waals surface area contributed by atoms with Crippen molar-refractivity contribution in [1.29, 1.82) is 0 Å². The fourth-order valence-electron chi connectivity index (χ4n) is 3.07. The Labute approximate surface area is 191 Å². The number of aromatic nitrogens is 1. The lowest BCUT2D eigenvalue weighted by Gasteiger charge is -2.09. The summed E-state index contributed by atoms with van der Waals surface area (Å²) in [4.78, 5) is 24.3. The number of carbonyl (C=O) groups is 2. The van der Waals surface area contributed by atoms with Gasteiger partial charge in [-0.25, -0.2) is 13.1 Å². The number of hydrogen-bond acceptors (Lipinski definition) is 6. The van der Waals surface area contributed by atoms with Gasteiger partial charge in [0.2, 0.25) is 11.8 Å². The molecular formula is C23H24N4O5S. The van der Waals surface area contributed by atoms with Gasteiger partial charge in [-0.2, -0.15) is 0 Å². The maximum absolute atomic E-state index is 12.6. The quantitative estimate of drug-likeness (QED) is 0.465. The molecule has 0 saturated heterocycles. The van der Waals surface area contributed by atoms with Gasteiger partial charge in [0, 0.05) is 29.3 Å². The Morgan fingerprint density at radius 2 is 1.70 bits per heavy atom. The van der Waals surface area contributed by atoms with Gasteiger partial charge < -0.3 is 15.2 Å². The van der Waals surface area contributed by atoms with Crippen molar-refractivity contribution in [1.82, 2.24) is 10.5 Å². The van der Waals surface area contributed by atoms with Crippen LogP contribution in [-0.4, -0.2) is 25.4 Å². The average Bonchev–Trinajstić information content (AvgIpc) is 3.61. The van der Waals surface area contributed by atoms with E-state index in [0.717, 1.165) is 18.4 Å². The minimum absolute atomic E-state index is 0.0200. The average molecular weight is 469 g/mol. The fraction of sp³-hybridized carbons (Fsp3) is 0.261. The Morgan fingerprint density at radius 3 is 2.27 bits per heavy atom. The zero-order valence-electron chi connectivity index (χ0n) is 18.2. The van der Waals surface area contributed by atoms with Crippen molar-refractivity contribution < 1.29 is 22.5 Å². The van der Waals surface area contributed by atoms with Gasteiger partial charge in [0.25, 0.3) is 15.9 Å². The van der Waals surface area contributed by atoms with E-state index < -0.39 is 10.0 Å². The number of benzene rings is 2. The predicted octanol–water partition coefficient (Wildman–Crippen LogP) is 3.37. The maximum Gasteiger partial charge on any atom is 0.264 e. The SMILES string of the molecule is Cc1noc(NS(=O)(=O)c2ccc(NC(=O)c3ccc(CNC(=O)C4CC4)cc3)cc2)c1C. The van der Waals surface area contributed by atoms with Gasteiger partial charge in [-0.3, -0.25) is 9.59 Å². The first-order chi connectivity index (χ1) is 15.7. The van der Waals surface area contributed by atoms with Gasteiger partial charge in [0.05, 0.1) is 10.6 Å². The van der Waals surface area contributed by atoms with Crippen molar-refractivity contribution in [3.63, 3.8) is 0 Å². The summed E-state index contributed by atoms with van der Waals surface area (Å²) >= 11 is 0. The maximum atomic E-state index is 12.6. The summed E-state index contributed by atoms with van der Waals surface area (Å²) in [5.41, 5.74) is 3.01. The molecule has 1 fully saturated rings. The Kier molecular flexibility index (Phi) is 6.19. The zero-order valence-corrected chi connectivity index (χ0v) is 19.0. The van der Waals surface area contributed by atoms with Crippen LogP contribution in [0.5, 0.6) is 0 Å². The zero-order chi connectivity index (χ0) is 23.6. The summed E-state index contributed by atoms with van der Waals surface area (Å²) in [5.74, 6) is -0.0308. The van der Waals surface area contributed by atoms with Crippen LogP contribution < -0.4 is 15.4 Å². The molecule has 0 spiro atoms.